The van der Waals surface area contributed by atoms with Crippen LogP contribution in [0.25, 0.3) is 10.8 Å². The molecule has 0 atom stereocenters. The standard InChI is InChI=1S/C19H21N3O2/c1-2-6-15-13-17(22-21-15)19(23)20-11-12-24-18-10-5-8-14-7-3-4-9-16(14)18/h3-5,7-10,13H,2,6,11-12H2,1H3,(H,20,23)(H,21,22). The topological polar surface area (TPSA) is 67.0 Å². The number of hydrogen-bond acceptors (Lipinski definition) is 3. The van der Waals surface area contributed by atoms with Crippen LogP contribution in [0.2, 0.25) is 0 Å². The molecule has 0 spiro atoms. The van der Waals surface area contributed by atoms with Gasteiger partial charge in [0.15, 0.2) is 0 Å². The second kappa shape index (κ2) is 7.64. The molecule has 5 heteroatoms. The van der Waals surface area contributed by atoms with E-state index in [2.05, 4.69) is 34.6 Å². The number of nitrogens with zero attached hydrogens (tertiary/aromatic N) is 1. The van der Waals surface area contributed by atoms with Gasteiger partial charge in [-0.25, -0.2) is 0 Å². The number of fused-ring (bicyclic) bond motifs is 1. The lowest BCUT2D eigenvalue weighted by molar-refractivity contribution is 0.0942. The Hall–Kier alpha value is -2.82. The summed E-state index contributed by atoms with van der Waals surface area (Å²) in [4.78, 5) is 12.0. The molecule has 0 radical (unpaired) electrons. The maximum absolute atomic E-state index is 12.0. The summed E-state index contributed by atoms with van der Waals surface area (Å²) in [6.07, 6.45) is 1.91. The Bertz CT molecular complexity index is 821. The number of aromatic nitrogens is 2. The highest BCUT2D eigenvalue weighted by molar-refractivity contribution is 5.92. The van der Waals surface area contributed by atoms with Crippen molar-refractivity contribution >= 4 is 16.7 Å². The molecule has 0 bridgehead atoms. The average Bonchev–Trinajstić information content (AvgIpc) is 3.08. The predicted octanol–water partition coefficient (Wildman–Crippen LogP) is 3.32. The Morgan fingerprint density at radius 2 is 2.04 bits per heavy atom. The molecule has 2 aromatic carbocycles. The first kappa shape index (κ1) is 16.1. The van der Waals surface area contributed by atoms with Crippen LogP contribution in [0.4, 0.5) is 0 Å². The van der Waals surface area contributed by atoms with E-state index in [1.807, 2.05) is 30.3 Å². The highest BCUT2D eigenvalue weighted by Crippen LogP contribution is 2.24. The van der Waals surface area contributed by atoms with Crippen LogP contribution in [-0.4, -0.2) is 29.3 Å². The quantitative estimate of drug-likeness (QED) is 0.655. The van der Waals surface area contributed by atoms with Gasteiger partial charge in [0.1, 0.15) is 18.1 Å². The molecule has 0 fully saturated rings. The van der Waals surface area contributed by atoms with Gasteiger partial charge in [-0.3, -0.25) is 9.89 Å². The van der Waals surface area contributed by atoms with Crippen LogP contribution in [0, 0.1) is 0 Å². The van der Waals surface area contributed by atoms with Gasteiger partial charge in [0, 0.05) is 11.1 Å². The normalized spacial score (nSPS) is 10.7. The molecule has 3 aromatic rings. The first-order valence-electron chi connectivity index (χ1n) is 8.21. The molecule has 0 unspecified atom stereocenters. The second-order valence-corrected chi connectivity index (χ2v) is 5.61. The van der Waals surface area contributed by atoms with Crippen molar-refractivity contribution in [1.82, 2.24) is 15.5 Å². The lowest BCUT2D eigenvalue weighted by Crippen LogP contribution is -2.28. The van der Waals surface area contributed by atoms with Gasteiger partial charge in [0.25, 0.3) is 5.91 Å². The molecule has 0 aliphatic heterocycles. The van der Waals surface area contributed by atoms with Gasteiger partial charge in [0.2, 0.25) is 0 Å². The van der Waals surface area contributed by atoms with Gasteiger partial charge in [-0.2, -0.15) is 5.10 Å². The smallest absolute Gasteiger partial charge is 0.271 e. The summed E-state index contributed by atoms with van der Waals surface area (Å²) in [5, 5.41) is 12.0. The van der Waals surface area contributed by atoms with E-state index in [1.54, 1.807) is 6.07 Å². The number of amides is 1. The summed E-state index contributed by atoms with van der Waals surface area (Å²) >= 11 is 0. The molecule has 124 valence electrons. The minimum Gasteiger partial charge on any atom is -0.491 e. The Labute approximate surface area is 141 Å². The van der Waals surface area contributed by atoms with Crippen LogP contribution in [-0.2, 0) is 6.42 Å². The lowest BCUT2D eigenvalue weighted by atomic mass is 10.1. The minimum atomic E-state index is -0.185. The van der Waals surface area contributed by atoms with E-state index in [4.69, 9.17) is 4.74 Å². The van der Waals surface area contributed by atoms with Crippen molar-refractivity contribution in [3.63, 3.8) is 0 Å². The fourth-order valence-electron chi connectivity index (χ4n) is 2.61. The number of rotatable bonds is 7. The van der Waals surface area contributed by atoms with E-state index < -0.39 is 0 Å². The maximum Gasteiger partial charge on any atom is 0.271 e. The van der Waals surface area contributed by atoms with Crippen molar-refractivity contribution in [2.45, 2.75) is 19.8 Å². The zero-order chi connectivity index (χ0) is 16.8. The molecule has 24 heavy (non-hydrogen) atoms. The number of benzene rings is 2. The summed E-state index contributed by atoms with van der Waals surface area (Å²) in [5.74, 6) is 0.641. The monoisotopic (exact) mass is 323 g/mol. The summed E-state index contributed by atoms with van der Waals surface area (Å²) in [7, 11) is 0. The number of carbonyl (C=O) groups excluding carboxylic acids is 1. The van der Waals surface area contributed by atoms with E-state index in [0.717, 1.165) is 35.1 Å². The highest BCUT2D eigenvalue weighted by atomic mass is 16.5. The number of carbonyl (C=O) groups is 1. The predicted molar refractivity (Wildman–Crippen MR) is 94.4 cm³/mol. The fraction of sp³-hybridized carbons (Fsp3) is 0.263. The zero-order valence-corrected chi connectivity index (χ0v) is 13.7. The SMILES string of the molecule is CCCc1cc(C(=O)NCCOc2cccc3ccccc23)n[nH]1. The molecular formula is C19H21N3O2. The molecule has 1 amide bonds. The molecule has 2 N–H and O–H groups in total. The van der Waals surface area contributed by atoms with Gasteiger partial charge in [-0.05, 0) is 23.9 Å². The number of aryl methyl sites for hydroxylation is 1. The Morgan fingerprint density at radius 3 is 2.92 bits per heavy atom. The number of H-pyrrole nitrogens is 1. The molecule has 0 aliphatic carbocycles. The van der Waals surface area contributed by atoms with Gasteiger partial charge >= 0.3 is 0 Å². The van der Waals surface area contributed by atoms with Crippen LogP contribution in [0.1, 0.15) is 29.5 Å². The molecule has 5 nitrogen and oxygen atoms in total. The third-order valence-electron chi connectivity index (χ3n) is 3.78. The van der Waals surface area contributed by atoms with E-state index in [1.165, 1.54) is 0 Å². The first-order chi connectivity index (χ1) is 11.8. The molecule has 0 aliphatic rings. The van der Waals surface area contributed by atoms with Crippen molar-refractivity contribution in [2.24, 2.45) is 0 Å². The average molecular weight is 323 g/mol. The van der Waals surface area contributed by atoms with Gasteiger partial charge in [-0.1, -0.05) is 49.7 Å². The summed E-state index contributed by atoms with van der Waals surface area (Å²) in [6, 6.07) is 15.8. The van der Waals surface area contributed by atoms with Crippen molar-refractivity contribution < 1.29 is 9.53 Å². The van der Waals surface area contributed by atoms with Crippen molar-refractivity contribution in [3.8, 4) is 5.75 Å². The van der Waals surface area contributed by atoms with E-state index in [0.29, 0.717) is 18.8 Å². The highest BCUT2D eigenvalue weighted by Gasteiger charge is 2.09. The van der Waals surface area contributed by atoms with Gasteiger partial charge in [-0.15, -0.1) is 0 Å². The Kier molecular flexibility index (Phi) is 5.11. The summed E-state index contributed by atoms with van der Waals surface area (Å²) < 4.78 is 5.81. The van der Waals surface area contributed by atoms with E-state index in [-0.39, 0.29) is 5.91 Å². The van der Waals surface area contributed by atoms with Crippen LogP contribution >= 0.6 is 0 Å². The molecule has 0 saturated heterocycles. The van der Waals surface area contributed by atoms with Crippen LogP contribution in [0.3, 0.4) is 0 Å². The van der Waals surface area contributed by atoms with Gasteiger partial charge in [0.05, 0.1) is 6.54 Å². The second-order valence-electron chi connectivity index (χ2n) is 5.61. The largest absolute Gasteiger partial charge is 0.491 e. The van der Waals surface area contributed by atoms with Gasteiger partial charge < -0.3 is 10.1 Å². The number of ether oxygens (including phenoxy) is 1. The Balaban J connectivity index is 1.52. The van der Waals surface area contributed by atoms with E-state index in [9.17, 15) is 4.79 Å². The Morgan fingerprint density at radius 1 is 1.21 bits per heavy atom. The summed E-state index contributed by atoms with van der Waals surface area (Å²) in [6.45, 7) is 2.93. The maximum atomic E-state index is 12.0. The molecule has 0 saturated carbocycles. The van der Waals surface area contributed by atoms with Crippen molar-refractivity contribution in [3.05, 3.63) is 59.9 Å². The fourth-order valence-corrected chi connectivity index (χ4v) is 2.61. The number of nitrogens with one attached hydrogen (secondary N) is 2. The first-order valence-corrected chi connectivity index (χ1v) is 8.21. The van der Waals surface area contributed by atoms with Crippen LogP contribution in [0.5, 0.6) is 5.75 Å². The van der Waals surface area contributed by atoms with Crippen molar-refractivity contribution in [2.75, 3.05) is 13.2 Å². The molecular weight excluding hydrogens is 302 g/mol. The number of hydrogen-bond donors (Lipinski definition) is 2. The number of aromatic amines is 1. The molecule has 1 aromatic heterocycles. The van der Waals surface area contributed by atoms with Crippen LogP contribution in [0.15, 0.2) is 48.5 Å². The zero-order valence-electron chi connectivity index (χ0n) is 13.7. The van der Waals surface area contributed by atoms with Crippen LogP contribution < -0.4 is 10.1 Å². The lowest BCUT2D eigenvalue weighted by Gasteiger charge is -2.09. The molecule has 3 rings (SSSR count). The minimum absolute atomic E-state index is 0.185. The third kappa shape index (κ3) is 3.74. The van der Waals surface area contributed by atoms with E-state index >= 15 is 0 Å². The molecule has 1 heterocycles. The summed E-state index contributed by atoms with van der Waals surface area (Å²) in [5.41, 5.74) is 1.40. The third-order valence-corrected chi connectivity index (χ3v) is 3.78. The van der Waals surface area contributed by atoms with Crippen molar-refractivity contribution in [1.29, 1.82) is 0 Å².